The third kappa shape index (κ3) is 2.72. The van der Waals surface area contributed by atoms with Crippen LogP contribution in [0.5, 0.6) is 5.75 Å². The van der Waals surface area contributed by atoms with Crippen LogP contribution < -0.4 is 5.73 Å². The van der Waals surface area contributed by atoms with Gasteiger partial charge in [-0.3, -0.25) is 0 Å². The van der Waals surface area contributed by atoms with Crippen molar-refractivity contribution in [3.8, 4) is 5.75 Å². The number of nitrogens with two attached hydrogens (primary N) is 1. The second-order valence-electron chi connectivity index (χ2n) is 4.70. The van der Waals surface area contributed by atoms with Gasteiger partial charge in [-0.05, 0) is 37.3 Å². The topological polar surface area (TPSA) is 46.2 Å². The first-order valence-electron chi connectivity index (χ1n) is 5.85. The first-order chi connectivity index (χ1) is 7.61. The number of rotatable bonds is 2. The molecule has 1 aromatic rings. The second-order valence-corrected chi connectivity index (χ2v) is 4.70. The highest BCUT2D eigenvalue weighted by Crippen LogP contribution is 2.39. The molecule has 1 aromatic carbocycles. The van der Waals surface area contributed by atoms with E-state index in [1.165, 1.54) is 6.07 Å². The van der Waals surface area contributed by atoms with Gasteiger partial charge in [0.15, 0.2) is 0 Å². The van der Waals surface area contributed by atoms with Crippen molar-refractivity contribution in [3.05, 3.63) is 29.1 Å². The van der Waals surface area contributed by atoms with Gasteiger partial charge in [0.05, 0.1) is 0 Å². The molecule has 2 rings (SSSR count). The summed E-state index contributed by atoms with van der Waals surface area (Å²) in [5.74, 6) is -0.0518. The average Bonchev–Trinajstić information content (AvgIpc) is 2.77. The molecule has 17 heavy (non-hydrogen) atoms. The Morgan fingerprint density at radius 2 is 1.94 bits per heavy atom. The van der Waals surface area contributed by atoms with E-state index >= 15 is 0 Å². The van der Waals surface area contributed by atoms with Crippen LogP contribution in [0.1, 0.15) is 42.9 Å². The smallest absolute Gasteiger partial charge is 0.131 e. The van der Waals surface area contributed by atoms with E-state index in [0.29, 0.717) is 17.0 Å². The quantitative estimate of drug-likeness (QED) is 0.855. The van der Waals surface area contributed by atoms with Crippen molar-refractivity contribution in [1.29, 1.82) is 0 Å². The lowest BCUT2D eigenvalue weighted by Crippen LogP contribution is -2.20. The largest absolute Gasteiger partial charge is 0.507 e. The van der Waals surface area contributed by atoms with Crippen molar-refractivity contribution in [3.63, 3.8) is 0 Å². The zero-order chi connectivity index (χ0) is 11.7. The molecule has 0 unspecified atom stereocenters. The molecule has 0 saturated heterocycles. The van der Waals surface area contributed by atoms with Gasteiger partial charge < -0.3 is 10.8 Å². The van der Waals surface area contributed by atoms with Crippen LogP contribution >= 0.6 is 12.4 Å². The highest BCUT2D eigenvalue weighted by molar-refractivity contribution is 5.85. The number of halogens is 2. The summed E-state index contributed by atoms with van der Waals surface area (Å²) >= 11 is 0. The summed E-state index contributed by atoms with van der Waals surface area (Å²) in [6.07, 6.45) is 4.39. The van der Waals surface area contributed by atoms with Gasteiger partial charge in [-0.15, -0.1) is 12.4 Å². The van der Waals surface area contributed by atoms with Gasteiger partial charge in [0.25, 0.3) is 0 Å². The summed E-state index contributed by atoms with van der Waals surface area (Å²) in [4.78, 5) is 0. The molecule has 0 aromatic heterocycles. The van der Waals surface area contributed by atoms with E-state index in [-0.39, 0.29) is 30.0 Å². The normalized spacial score (nSPS) is 17.8. The molecule has 1 saturated carbocycles. The van der Waals surface area contributed by atoms with Crippen molar-refractivity contribution in [2.24, 2.45) is 11.7 Å². The van der Waals surface area contributed by atoms with E-state index in [2.05, 4.69) is 0 Å². The summed E-state index contributed by atoms with van der Waals surface area (Å²) < 4.78 is 13.7. The van der Waals surface area contributed by atoms with E-state index < -0.39 is 0 Å². The molecule has 1 atom stereocenters. The van der Waals surface area contributed by atoms with Crippen molar-refractivity contribution in [2.45, 2.75) is 38.6 Å². The Labute approximate surface area is 107 Å². The molecular formula is C13H19ClFNO. The minimum absolute atomic E-state index is 0. The predicted octanol–water partition coefficient (Wildman–Crippen LogP) is 3.45. The first kappa shape index (κ1) is 14.3. The van der Waals surface area contributed by atoms with E-state index in [9.17, 15) is 9.50 Å². The molecule has 1 fully saturated rings. The molecule has 0 radical (unpaired) electrons. The first-order valence-corrected chi connectivity index (χ1v) is 5.85. The van der Waals surface area contributed by atoms with Crippen LogP contribution in [0.3, 0.4) is 0 Å². The fraction of sp³-hybridized carbons (Fsp3) is 0.538. The van der Waals surface area contributed by atoms with Crippen molar-refractivity contribution < 1.29 is 9.50 Å². The number of aryl methyl sites for hydroxylation is 1. The maximum Gasteiger partial charge on any atom is 0.131 e. The third-order valence-corrected chi connectivity index (χ3v) is 3.61. The van der Waals surface area contributed by atoms with E-state index in [1.54, 1.807) is 13.0 Å². The molecule has 0 aliphatic heterocycles. The van der Waals surface area contributed by atoms with Gasteiger partial charge in [0, 0.05) is 11.6 Å². The molecule has 0 amide bonds. The van der Waals surface area contributed by atoms with Gasteiger partial charge >= 0.3 is 0 Å². The van der Waals surface area contributed by atoms with Crippen molar-refractivity contribution in [2.75, 3.05) is 0 Å². The van der Waals surface area contributed by atoms with Crippen molar-refractivity contribution >= 4 is 12.4 Å². The fourth-order valence-electron chi connectivity index (χ4n) is 2.56. The Morgan fingerprint density at radius 1 is 1.35 bits per heavy atom. The summed E-state index contributed by atoms with van der Waals surface area (Å²) in [6, 6.07) is 2.59. The van der Waals surface area contributed by atoms with Gasteiger partial charge in [-0.25, -0.2) is 4.39 Å². The molecule has 0 bridgehead atoms. The molecule has 1 aliphatic rings. The molecule has 0 spiro atoms. The predicted molar refractivity (Wildman–Crippen MR) is 68.9 cm³/mol. The Balaban J connectivity index is 0.00000144. The highest BCUT2D eigenvalue weighted by Gasteiger charge is 2.27. The Bertz CT molecular complexity index is 391. The molecule has 2 nitrogen and oxygen atoms in total. The Morgan fingerprint density at radius 3 is 2.53 bits per heavy atom. The summed E-state index contributed by atoms with van der Waals surface area (Å²) in [5, 5.41) is 9.89. The number of aromatic hydroxyl groups is 1. The van der Waals surface area contributed by atoms with Crippen molar-refractivity contribution in [1.82, 2.24) is 0 Å². The average molecular weight is 260 g/mol. The number of benzene rings is 1. The molecule has 96 valence electrons. The standard InChI is InChI=1S/C13H18FNO.ClH/c1-8-6-7-10(14)11(13(8)16)12(15)9-4-2-3-5-9;/h6-7,9,12,16H,2-5,15H2,1H3;1H/t12-;/m0./s1. The second kappa shape index (κ2) is 5.69. The van der Waals surface area contributed by atoms with Gasteiger partial charge in [-0.1, -0.05) is 18.9 Å². The Kier molecular flexibility index (Phi) is 4.78. The summed E-state index contributed by atoms with van der Waals surface area (Å²) in [5.41, 5.74) is 7.05. The molecule has 0 heterocycles. The highest BCUT2D eigenvalue weighted by atomic mass is 35.5. The van der Waals surface area contributed by atoms with E-state index in [1.807, 2.05) is 0 Å². The van der Waals surface area contributed by atoms with Gasteiger partial charge in [0.1, 0.15) is 11.6 Å². The van der Waals surface area contributed by atoms with Gasteiger partial charge in [-0.2, -0.15) is 0 Å². The number of phenolic OH excluding ortho intramolecular Hbond substituents is 1. The van der Waals surface area contributed by atoms with Crippen LogP contribution in [-0.2, 0) is 0 Å². The lowest BCUT2D eigenvalue weighted by molar-refractivity contribution is 0.394. The maximum atomic E-state index is 13.7. The lowest BCUT2D eigenvalue weighted by atomic mass is 9.90. The summed E-state index contributed by atoms with van der Waals surface area (Å²) in [7, 11) is 0. The van der Waals surface area contributed by atoms with Gasteiger partial charge in [0.2, 0.25) is 0 Å². The van der Waals surface area contributed by atoms with Crippen LogP contribution in [0.25, 0.3) is 0 Å². The SMILES string of the molecule is Cc1ccc(F)c([C@@H](N)C2CCCC2)c1O.Cl. The lowest BCUT2D eigenvalue weighted by Gasteiger charge is -2.21. The van der Waals surface area contributed by atoms with E-state index in [0.717, 1.165) is 25.7 Å². The van der Waals surface area contributed by atoms with Crippen LogP contribution in [0.4, 0.5) is 4.39 Å². The third-order valence-electron chi connectivity index (χ3n) is 3.61. The minimum atomic E-state index is -0.387. The molecule has 1 aliphatic carbocycles. The molecular weight excluding hydrogens is 241 g/mol. The fourth-order valence-corrected chi connectivity index (χ4v) is 2.56. The van der Waals surface area contributed by atoms with E-state index in [4.69, 9.17) is 5.73 Å². The number of hydrogen-bond acceptors (Lipinski definition) is 2. The number of phenols is 1. The summed E-state index contributed by atoms with van der Waals surface area (Å²) in [6.45, 7) is 1.76. The van der Waals surface area contributed by atoms with Crippen LogP contribution in [0.15, 0.2) is 12.1 Å². The van der Waals surface area contributed by atoms with Crippen LogP contribution in [0, 0.1) is 18.7 Å². The monoisotopic (exact) mass is 259 g/mol. The maximum absolute atomic E-state index is 13.7. The van der Waals surface area contributed by atoms with Crippen LogP contribution in [-0.4, -0.2) is 5.11 Å². The molecule has 4 heteroatoms. The Hall–Kier alpha value is -0.800. The molecule has 3 N–H and O–H groups in total. The zero-order valence-electron chi connectivity index (χ0n) is 9.95. The van der Waals surface area contributed by atoms with Crippen LogP contribution in [0.2, 0.25) is 0 Å². The number of hydrogen-bond donors (Lipinski definition) is 2. The minimum Gasteiger partial charge on any atom is -0.507 e. The zero-order valence-corrected chi connectivity index (χ0v) is 10.8.